The molecule has 0 fully saturated rings. The highest BCUT2D eigenvalue weighted by molar-refractivity contribution is 5.87. The lowest BCUT2D eigenvalue weighted by Crippen LogP contribution is -2.35. The van der Waals surface area contributed by atoms with E-state index in [4.69, 9.17) is 9.15 Å². The van der Waals surface area contributed by atoms with Crippen molar-refractivity contribution in [3.8, 4) is 5.75 Å². The van der Waals surface area contributed by atoms with Gasteiger partial charge in [-0.1, -0.05) is 12.1 Å². The van der Waals surface area contributed by atoms with Crippen molar-refractivity contribution >= 4 is 11.0 Å². The Labute approximate surface area is 108 Å². The van der Waals surface area contributed by atoms with Crippen molar-refractivity contribution in [3.63, 3.8) is 0 Å². The highest BCUT2D eigenvalue weighted by Gasteiger charge is 2.16. The van der Waals surface area contributed by atoms with Gasteiger partial charge in [0.1, 0.15) is 5.76 Å². The molecule has 0 aliphatic carbocycles. The number of nitrogens with one attached hydrogen (secondary N) is 1. The number of rotatable bonds is 3. The van der Waals surface area contributed by atoms with Gasteiger partial charge in [-0.05, 0) is 39.3 Å². The molecule has 0 saturated carbocycles. The first-order valence-corrected chi connectivity index (χ1v) is 6.22. The van der Waals surface area contributed by atoms with Crippen LogP contribution in [0.2, 0.25) is 0 Å². The van der Waals surface area contributed by atoms with Crippen LogP contribution in [-0.4, -0.2) is 12.6 Å². The van der Waals surface area contributed by atoms with Gasteiger partial charge in [-0.2, -0.15) is 0 Å². The number of para-hydroxylation sites is 1. The van der Waals surface area contributed by atoms with Crippen LogP contribution in [0.3, 0.4) is 0 Å². The summed E-state index contributed by atoms with van der Waals surface area (Å²) in [4.78, 5) is 0. The third-order valence-corrected chi connectivity index (χ3v) is 3.03. The zero-order valence-electron chi connectivity index (χ0n) is 11.8. The van der Waals surface area contributed by atoms with Crippen LogP contribution in [0.25, 0.3) is 11.0 Å². The van der Waals surface area contributed by atoms with E-state index in [1.165, 1.54) is 5.56 Å². The standard InChI is InChI=1S/C15H21NO2/c1-10-11-7-6-8-12(17-5)14(11)18-13(10)9-16-15(2,3)4/h6-8,16H,9H2,1-5H3. The third-order valence-electron chi connectivity index (χ3n) is 3.03. The number of furan rings is 1. The molecule has 2 rings (SSSR count). The predicted molar refractivity (Wildman–Crippen MR) is 74.1 cm³/mol. The van der Waals surface area contributed by atoms with Gasteiger partial charge < -0.3 is 14.5 Å². The minimum absolute atomic E-state index is 0.0789. The van der Waals surface area contributed by atoms with Crippen LogP contribution in [0.5, 0.6) is 5.75 Å². The fourth-order valence-corrected chi connectivity index (χ4v) is 1.94. The van der Waals surface area contributed by atoms with E-state index in [-0.39, 0.29) is 5.54 Å². The van der Waals surface area contributed by atoms with Gasteiger partial charge in [0.15, 0.2) is 11.3 Å². The van der Waals surface area contributed by atoms with Gasteiger partial charge in [0.05, 0.1) is 13.7 Å². The minimum Gasteiger partial charge on any atom is -0.493 e. The van der Waals surface area contributed by atoms with Gasteiger partial charge in [0.2, 0.25) is 0 Å². The van der Waals surface area contributed by atoms with Crippen LogP contribution in [-0.2, 0) is 6.54 Å². The second-order valence-corrected chi connectivity index (χ2v) is 5.59. The highest BCUT2D eigenvalue weighted by atomic mass is 16.5. The second kappa shape index (κ2) is 4.65. The van der Waals surface area contributed by atoms with Gasteiger partial charge in [0.25, 0.3) is 0 Å². The topological polar surface area (TPSA) is 34.4 Å². The Hall–Kier alpha value is -1.48. The fraction of sp³-hybridized carbons (Fsp3) is 0.467. The number of hydrogen-bond acceptors (Lipinski definition) is 3. The Bertz CT molecular complexity index is 549. The molecule has 1 N–H and O–H groups in total. The molecule has 0 bridgehead atoms. The average Bonchev–Trinajstić information content (AvgIpc) is 2.63. The maximum Gasteiger partial charge on any atom is 0.176 e. The van der Waals surface area contributed by atoms with Crippen molar-refractivity contribution in [2.24, 2.45) is 0 Å². The zero-order valence-corrected chi connectivity index (χ0v) is 11.8. The van der Waals surface area contributed by atoms with Crippen molar-refractivity contribution in [1.29, 1.82) is 0 Å². The molecule has 3 heteroatoms. The van der Waals surface area contributed by atoms with Crippen molar-refractivity contribution in [1.82, 2.24) is 5.32 Å². The van der Waals surface area contributed by atoms with E-state index in [2.05, 4.69) is 39.1 Å². The van der Waals surface area contributed by atoms with E-state index in [9.17, 15) is 0 Å². The molecular weight excluding hydrogens is 226 g/mol. The normalized spacial score (nSPS) is 12.1. The molecule has 0 radical (unpaired) electrons. The van der Waals surface area contributed by atoms with Crippen molar-refractivity contribution < 1.29 is 9.15 Å². The molecule has 18 heavy (non-hydrogen) atoms. The highest BCUT2D eigenvalue weighted by Crippen LogP contribution is 2.32. The molecule has 0 atom stereocenters. The Morgan fingerprint density at radius 3 is 2.61 bits per heavy atom. The quantitative estimate of drug-likeness (QED) is 0.899. The molecule has 2 aromatic rings. The minimum atomic E-state index is 0.0789. The van der Waals surface area contributed by atoms with Crippen LogP contribution in [0.15, 0.2) is 22.6 Å². The van der Waals surface area contributed by atoms with Crippen LogP contribution >= 0.6 is 0 Å². The van der Waals surface area contributed by atoms with E-state index in [0.717, 1.165) is 29.0 Å². The molecule has 3 nitrogen and oxygen atoms in total. The summed E-state index contributed by atoms with van der Waals surface area (Å²) < 4.78 is 11.3. The first-order valence-electron chi connectivity index (χ1n) is 6.22. The monoisotopic (exact) mass is 247 g/mol. The molecule has 1 aromatic heterocycles. The summed E-state index contributed by atoms with van der Waals surface area (Å²) in [6, 6.07) is 5.98. The summed E-state index contributed by atoms with van der Waals surface area (Å²) in [7, 11) is 1.67. The van der Waals surface area contributed by atoms with E-state index in [1.807, 2.05) is 12.1 Å². The zero-order chi connectivity index (χ0) is 13.3. The van der Waals surface area contributed by atoms with Crippen molar-refractivity contribution in [2.75, 3.05) is 7.11 Å². The van der Waals surface area contributed by atoms with Gasteiger partial charge in [-0.3, -0.25) is 0 Å². The number of hydrogen-bond donors (Lipinski definition) is 1. The number of methoxy groups -OCH3 is 1. The Balaban J connectivity index is 2.38. The maximum atomic E-state index is 5.93. The number of ether oxygens (including phenoxy) is 1. The lowest BCUT2D eigenvalue weighted by Gasteiger charge is -2.19. The summed E-state index contributed by atoms with van der Waals surface area (Å²) in [6.45, 7) is 9.25. The summed E-state index contributed by atoms with van der Waals surface area (Å²) in [5, 5.41) is 4.57. The van der Waals surface area contributed by atoms with Crippen LogP contribution in [0.4, 0.5) is 0 Å². The first kappa shape index (κ1) is 13.0. The molecule has 0 aliphatic heterocycles. The lowest BCUT2D eigenvalue weighted by atomic mass is 10.1. The molecule has 1 aromatic carbocycles. The van der Waals surface area contributed by atoms with Crippen molar-refractivity contribution in [2.45, 2.75) is 39.8 Å². The first-order chi connectivity index (χ1) is 8.42. The third kappa shape index (κ3) is 2.51. The van der Waals surface area contributed by atoms with Gasteiger partial charge >= 0.3 is 0 Å². The molecule has 0 unspecified atom stereocenters. The molecule has 0 aliphatic rings. The van der Waals surface area contributed by atoms with Crippen LogP contribution in [0, 0.1) is 6.92 Å². The Morgan fingerprint density at radius 1 is 1.28 bits per heavy atom. The molecule has 0 saturated heterocycles. The van der Waals surface area contributed by atoms with E-state index < -0.39 is 0 Å². The van der Waals surface area contributed by atoms with E-state index in [1.54, 1.807) is 7.11 Å². The largest absolute Gasteiger partial charge is 0.493 e. The predicted octanol–water partition coefficient (Wildman–Crippen LogP) is 3.64. The van der Waals surface area contributed by atoms with Gasteiger partial charge in [-0.25, -0.2) is 0 Å². The molecule has 1 heterocycles. The SMILES string of the molecule is COc1cccc2c(C)c(CNC(C)(C)C)oc12. The van der Waals surface area contributed by atoms with Crippen LogP contribution in [0.1, 0.15) is 32.1 Å². The smallest absolute Gasteiger partial charge is 0.176 e. The summed E-state index contributed by atoms with van der Waals surface area (Å²) in [6.07, 6.45) is 0. The lowest BCUT2D eigenvalue weighted by molar-refractivity contribution is 0.384. The summed E-state index contributed by atoms with van der Waals surface area (Å²) in [5.41, 5.74) is 2.10. The van der Waals surface area contributed by atoms with E-state index >= 15 is 0 Å². The molecule has 0 spiro atoms. The summed E-state index contributed by atoms with van der Waals surface area (Å²) >= 11 is 0. The molecule has 98 valence electrons. The fourth-order valence-electron chi connectivity index (χ4n) is 1.94. The van der Waals surface area contributed by atoms with Gasteiger partial charge in [0, 0.05) is 10.9 Å². The molecule has 0 amide bonds. The van der Waals surface area contributed by atoms with Gasteiger partial charge in [-0.15, -0.1) is 0 Å². The number of aryl methyl sites for hydroxylation is 1. The maximum absolute atomic E-state index is 5.93. The summed E-state index contributed by atoms with van der Waals surface area (Å²) in [5.74, 6) is 1.77. The van der Waals surface area contributed by atoms with Crippen molar-refractivity contribution in [3.05, 3.63) is 29.5 Å². The average molecular weight is 247 g/mol. The van der Waals surface area contributed by atoms with E-state index in [0.29, 0.717) is 0 Å². The second-order valence-electron chi connectivity index (χ2n) is 5.59. The number of fused-ring (bicyclic) bond motifs is 1. The molecular formula is C15H21NO2. The Kier molecular flexibility index (Phi) is 3.35. The number of benzene rings is 1. The Morgan fingerprint density at radius 2 is 2.00 bits per heavy atom. The van der Waals surface area contributed by atoms with Crippen LogP contribution < -0.4 is 10.1 Å².